The Morgan fingerprint density at radius 2 is 1.92 bits per heavy atom. The Hall–Kier alpha value is -3.08. The van der Waals surface area contributed by atoms with Crippen molar-refractivity contribution >= 4 is 22.8 Å². The maximum absolute atomic E-state index is 12.5. The number of hydrogen-bond acceptors (Lipinski definition) is 4. The van der Waals surface area contributed by atoms with Gasteiger partial charge in [0.2, 0.25) is 0 Å². The molecule has 0 saturated heterocycles. The average Bonchev–Trinajstić information content (AvgIpc) is 3.06. The Kier molecular flexibility index (Phi) is 3.76. The van der Waals surface area contributed by atoms with E-state index in [1.807, 2.05) is 49.4 Å². The minimum absolute atomic E-state index is 0.323. The maximum Gasteiger partial charge on any atom is 0.339 e. The first kappa shape index (κ1) is 15.4. The molecule has 2 atom stereocenters. The molecule has 2 heterocycles. The third-order valence-corrected chi connectivity index (χ3v) is 4.41. The van der Waals surface area contributed by atoms with Gasteiger partial charge in [0.1, 0.15) is 11.3 Å². The molecule has 126 valence electrons. The van der Waals surface area contributed by atoms with E-state index in [-0.39, 0.29) is 11.9 Å². The number of hydrogen-bond donors (Lipinski definition) is 1. The van der Waals surface area contributed by atoms with E-state index in [0.717, 1.165) is 16.5 Å². The van der Waals surface area contributed by atoms with Crippen molar-refractivity contribution in [3.05, 3.63) is 71.5 Å². The van der Waals surface area contributed by atoms with Crippen LogP contribution >= 0.6 is 0 Å². The Bertz CT molecular complexity index is 926. The van der Waals surface area contributed by atoms with Gasteiger partial charge < -0.3 is 14.5 Å². The predicted octanol–water partition coefficient (Wildman–Crippen LogP) is 3.39. The van der Waals surface area contributed by atoms with Gasteiger partial charge in [0.25, 0.3) is 5.91 Å². The number of ether oxygens (including phenoxy) is 1. The number of carbonyl (C=O) groups is 2. The summed E-state index contributed by atoms with van der Waals surface area (Å²) in [5.74, 6) is -0.119. The van der Waals surface area contributed by atoms with E-state index in [0.29, 0.717) is 17.7 Å². The highest BCUT2D eigenvalue weighted by atomic mass is 16.5. The second-order valence-electron chi connectivity index (χ2n) is 6.17. The zero-order valence-electron chi connectivity index (χ0n) is 13.7. The summed E-state index contributed by atoms with van der Waals surface area (Å²) >= 11 is 0. The first-order valence-corrected chi connectivity index (χ1v) is 8.19. The van der Waals surface area contributed by atoms with Crippen LogP contribution in [0, 0.1) is 0 Å². The fourth-order valence-corrected chi connectivity index (χ4v) is 3.07. The van der Waals surface area contributed by atoms with Crippen LogP contribution in [0.3, 0.4) is 0 Å². The Morgan fingerprint density at radius 3 is 2.76 bits per heavy atom. The lowest BCUT2D eigenvalue weighted by atomic mass is 9.98. The molecule has 0 unspecified atom stereocenters. The van der Waals surface area contributed by atoms with Gasteiger partial charge in [0, 0.05) is 11.8 Å². The Morgan fingerprint density at radius 1 is 1.16 bits per heavy atom. The van der Waals surface area contributed by atoms with Gasteiger partial charge in [-0.25, -0.2) is 4.79 Å². The molecule has 0 radical (unpaired) electrons. The van der Waals surface area contributed by atoms with E-state index in [4.69, 9.17) is 9.15 Å². The lowest BCUT2D eigenvalue weighted by Crippen LogP contribution is -2.42. The normalized spacial score (nSPS) is 17.6. The molecule has 0 saturated carbocycles. The van der Waals surface area contributed by atoms with Crippen LogP contribution in [-0.4, -0.2) is 18.0 Å². The van der Waals surface area contributed by atoms with Crippen molar-refractivity contribution in [2.45, 2.75) is 25.5 Å². The highest BCUT2D eigenvalue weighted by Crippen LogP contribution is 2.25. The molecule has 0 bridgehead atoms. The second kappa shape index (κ2) is 6.09. The van der Waals surface area contributed by atoms with E-state index < -0.39 is 12.1 Å². The van der Waals surface area contributed by atoms with Crippen LogP contribution in [0.2, 0.25) is 0 Å². The minimum Gasteiger partial charge on any atom is -0.459 e. The molecule has 4 rings (SSSR count). The van der Waals surface area contributed by atoms with Crippen LogP contribution in [0.1, 0.15) is 34.6 Å². The molecule has 1 aliphatic heterocycles. The second-order valence-corrected chi connectivity index (χ2v) is 6.17. The average molecular weight is 335 g/mol. The first-order chi connectivity index (χ1) is 12.1. The number of furan rings is 1. The number of benzene rings is 2. The van der Waals surface area contributed by atoms with Crippen molar-refractivity contribution in [2.75, 3.05) is 0 Å². The fourth-order valence-electron chi connectivity index (χ4n) is 3.07. The van der Waals surface area contributed by atoms with E-state index in [2.05, 4.69) is 5.32 Å². The molecule has 5 nitrogen and oxygen atoms in total. The molecule has 1 N–H and O–H groups in total. The number of amides is 1. The van der Waals surface area contributed by atoms with Gasteiger partial charge in [-0.3, -0.25) is 4.79 Å². The molecule has 0 aliphatic carbocycles. The van der Waals surface area contributed by atoms with Gasteiger partial charge in [0.05, 0.1) is 11.6 Å². The molecule has 1 amide bonds. The smallest absolute Gasteiger partial charge is 0.339 e. The standard InChI is InChI=1S/C20H17NO4/c1-12(17-11-14-7-3-5-9-16(14)24-17)21-19(22)18-10-13-6-2-4-8-15(13)20(23)25-18/h2-9,11-12,18H,10H2,1H3,(H,21,22)/t12-,18+/m1/s1. The molecule has 5 heteroatoms. The minimum atomic E-state index is -0.825. The van der Waals surface area contributed by atoms with Crippen molar-refractivity contribution in [3.63, 3.8) is 0 Å². The van der Waals surface area contributed by atoms with Gasteiger partial charge in [-0.15, -0.1) is 0 Å². The number of nitrogens with one attached hydrogen (secondary N) is 1. The quantitative estimate of drug-likeness (QED) is 0.745. The van der Waals surface area contributed by atoms with Gasteiger partial charge in [-0.1, -0.05) is 36.4 Å². The van der Waals surface area contributed by atoms with E-state index in [1.165, 1.54) is 0 Å². The lowest BCUT2D eigenvalue weighted by molar-refractivity contribution is -0.131. The van der Waals surface area contributed by atoms with E-state index in [9.17, 15) is 9.59 Å². The summed E-state index contributed by atoms with van der Waals surface area (Å²) in [6.07, 6.45) is -0.449. The molecule has 25 heavy (non-hydrogen) atoms. The summed E-state index contributed by atoms with van der Waals surface area (Å²) in [5.41, 5.74) is 2.13. The van der Waals surface area contributed by atoms with Crippen LogP contribution in [-0.2, 0) is 16.0 Å². The van der Waals surface area contributed by atoms with Crippen molar-refractivity contribution in [1.29, 1.82) is 0 Å². The van der Waals surface area contributed by atoms with Crippen molar-refractivity contribution in [1.82, 2.24) is 5.32 Å². The highest BCUT2D eigenvalue weighted by Gasteiger charge is 2.32. The van der Waals surface area contributed by atoms with E-state index in [1.54, 1.807) is 12.1 Å². The third kappa shape index (κ3) is 2.89. The van der Waals surface area contributed by atoms with Crippen LogP contribution in [0.5, 0.6) is 0 Å². The monoisotopic (exact) mass is 335 g/mol. The third-order valence-electron chi connectivity index (χ3n) is 4.41. The zero-order chi connectivity index (χ0) is 17.4. The number of esters is 1. The Labute approximate surface area is 144 Å². The molecule has 0 spiro atoms. The first-order valence-electron chi connectivity index (χ1n) is 8.19. The van der Waals surface area contributed by atoms with Crippen LogP contribution in [0.15, 0.2) is 59.0 Å². The molecule has 1 aromatic heterocycles. The van der Waals surface area contributed by atoms with Crippen LogP contribution < -0.4 is 5.32 Å². The number of rotatable bonds is 3. The molecule has 1 aliphatic rings. The summed E-state index contributed by atoms with van der Waals surface area (Å²) in [4.78, 5) is 24.6. The fraction of sp³-hybridized carbons (Fsp3) is 0.200. The molecular formula is C20H17NO4. The summed E-state index contributed by atoms with van der Waals surface area (Å²) in [6.45, 7) is 1.84. The van der Waals surface area contributed by atoms with Gasteiger partial charge >= 0.3 is 5.97 Å². The summed E-state index contributed by atoms with van der Waals surface area (Å²) in [6, 6.07) is 16.4. The predicted molar refractivity (Wildman–Crippen MR) is 92.1 cm³/mol. The molecular weight excluding hydrogens is 318 g/mol. The SMILES string of the molecule is C[C@@H](NC(=O)[C@@H]1Cc2ccccc2C(=O)O1)c1cc2ccccc2o1. The van der Waals surface area contributed by atoms with Crippen molar-refractivity contribution in [2.24, 2.45) is 0 Å². The molecule has 0 fully saturated rings. The Balaban J connectivity index is 1.49. The topological polar surface area (TPSA) is 68.5 Å². The number of cyclic esters (lactones) is 1. The van der Waals surface area contributed by atoms with E-state index >= 15 is 0 Å². The number of carbonyl (C=O) groups excluding carboxylic acids is 2. The van der Waals surface area contributed by atoms with Gasteiger partial charge in [-0.2, -0.15) is 0 Å². The number of para-hydroxylation sites is 1. The largest absolute Gasteiger partial charge is 0.459 e. The van der Waals surface area contributed by atoms with Crippen LogP contribution in [0.25, 0.3) is 11.0 Å². The van der Waals surface area contributed by atoms with Crippen LogP contribution in [0.4, 0.5) is 0 Å². The maximum atomic E-state index is 12.5. The lowest BCUT2D eigenvalue weighted by Gasteiger charge is -2.24. The number of fused-ring (bicyclic) bond motifs is 2. The highest BCUT2D eigenvalue weighted by molar-refractivity contribution is 5.95. The molecule has 3 aromatic rings. The summed E-state index contributed by atoms with van der Waals surface area (Å²) in [7, 11) is 0. The van der Waals surface area contributed by atoms with Crippen molar-refractivity contribution < 1.29 is 18.7 Å². The van der Waals surface area contributed by atoms with Crippen molar-refractivity contribution in [3.8, 4) is 0 Å². The molecule has 2 aromatic carbocycles. The zero-order valence-corrected chi connectivity index (χ0v) is 13.7. The summed E-state index contributed by atoms with van der Waals surface area (Å²) in [5, 5.41) is 3.85. The van der Waals surface area contributed by atoms with Gasteiger partial charge in [0.15, 0.2) is 6.10 Å². The van der Waals surface area contributed by atoms with Gasteiger partial charge in [-0.05, 0) is 30.7 Å². The summed E-state index contributed by atoms with van der Waals surface area (Å²) < 4.78 is 11.1.